The third-order valence-electron chi connectivity index (χ3n) is 2.20. The van der Waals surface area contributed by atoms with E-state index in [0.717, 1.165) is 11.3 Å². The monoisotopic (exact) mass is 225 g/mol. The Kier molecular flexibility index (Phi) is 4.01. The van der Waals surface area contributed by atoms with Crippen LogP contribution in [0.4, 0.5) is 4.79 Å². The number of nitrogens with zero attached hydrogens (tertiary/aromatic N) is 2. The van der Waals surface area contributed by atoms with Crippen molar-refractivity contribution in [3.05, 3.63) is 17.5 Å². The molecule has 3 amide bonds. The third kappa shape index (κ3) is 3.35. The highest BCUT2D eigenvalue weighted by Crippen LogP contribution is 2.03. The van der Waals surface area contributed by atoms with Crippen LogP contribution in [-0.2, 0) is 18.4 Å². The second-order valence-electron chi connectivity index (χ2n) is 3.39. The van der Waals surface area contributed by atoms with E-state index in [0.29, 0.717) is 6.54 Å². The minimum atomic E-state index is -0.843. The van der Waals surface area contributed by atoms with Gasteiger partial charge in [0.25, 0.3) is 0 Å². The van der Waals surface area contributed by atoms with Crippen LogP contribution in [0.2, 0.25) is 0 Å². The van der Waals surface area contributed by atoms with Gasteiger partial charge in [-0.3, -0.25) is 14.8 Å². The Morgan fingerprint density at radius 3 is 2.75 bits per heavy atom. The first-order chi connectivity index (χ1) is 7.50. The zero-order valence-corrected chi connectivity index (χ0v) is 9.28. The Morgan fingerprint density at radius 1 is 1.56 bits per heavy atom. The van der Waals surface area contributed by atoms with E-state index in [1.165, 1.54) is 0 Å². The maximum absolute atomic E-state index is 11.0. The van der Waals surface area contributed by atoms with E-state index in [9.17, 15) is 9.59 Å². The molecule has 16 heavy (non-hydrogen) atoms. The van der Waals surface area contributed by atoms with Gasteiger partial charge in [-0.2, -0.15) is 5.10 Å². The number of aromatic nitrogens is 2. The number of urea groups is 1. The van der Waals surface area contributed by atoms with E-state index in [1.807, 2.05) is 19.3 Å². The van der Waals surface area contributed by atoms with E-state index in [2.05, 4.69) is 10.4 Å². The summed E-state index contributed by atoms with van der Waals surface area (Å²) in [5, 5.41) is 8.92. The Balaban J connectivity index is 2.33. The molecule has 7 nitrogen and oxygen atoms in total. The molecule has 0 bridgehead atoms. The van der Waals surface area contributed by atoms with Crippen molar-refractivity contribution < 1.29 is 9.59 Å². The quantitative estimate of drug-likeness (QED) is 0.612. The van der Waals surface area contributed by atoms with E-state index >= 15 is 0 Å². The lowest BCUT2D eigenvalue weighted by molar-refractivity contribution is -0.119. The highest BCUT2D eigenvalue weighted by Gasteiger charge is 2.05. The normalized spacial score (nSPS) is 10.1. The molecular weight excluding hydrogens is 210 g/mol. The summed E-state index contributed by atoms with van der Waals surface area (Å²) in [6, 6.07) is -0.843. The predicted molar refractivity (Wildman–Crippen MR) is 57.4 cm³/mol. The summed E-state index contributed by atoms with van der Waals surface area (Å²) in [5.41, 5.74) is 6.83. The minimum absolute atomic E-state index is 0.0390. The molecule has 0 unspecified atom stereocenters. The molecule has 0 saturated carbocycles. The van der Waals surface area contributed by atoms with Gasteiger partial charge in [0.1, 0.15) is 0 Å². The van der Waals surface area contributed by atoms with Crippen LogP contribution < -0.4 is 16.4 Å². The molecule has 1 aromatic rings. The Bertz CT molecular complexity index is 399. The number of nitrogens with one attached hydrogen (secondary N) is 2. The number of carbonyl (C=O) groups excluding carboxylic acids is 2. The fourth-order valence-electron chi connectivity index (χ4n) is 1.21. The molecule has 7 heteroatoms. The number of primary amides is 1. The lowest BCUT2D eigenvalue weighted by Gasteiger charge is -2.03. The zero-order chi connectivity index (χ0) is 12.1. The van der Waals surface area contributed by atoms with Crippen LogP contribution in [0.15, 0.2) is 6.20 Å². The SMILES string of the molecule is Cc1c(CNCC(=O)NC(N)=O)cnn1C. The minimum Gasteiger partial charge on any atom is -0.351 e. The van der Waals surface area contributed by atoms with Crippen molar-refractivity contribution in [3.8, 4) is 0 Å². The highest BCUT2D eigenvalue weighted by atomic mass is 16.2. The van der Waals surface area contributed by atoms with Crippen LogP contribution in [0, 0.1) is 6.92 Å². The number of amides is 3. The first-order valence-corrected chi connectivity index (χ1v) is 4.78. The van der Waals surface area contributed by atoms with Gasteiger partial charge in [-0.15, -0.1) is 0 Å². The largest absolute Gasteiger partial charge is 0.351 e. The maximum atomic E-state index is 11.0. The molecule has 1 heterocycles. The first kappa shape index (κ1) is 12.2. The molecule has 88 valence electrons. The second-order valence-corrected chi connectivity index (χ2v) is 3.39. The van der Waals surface area contributed by atoms with Crippen molar-refractivity contribution >= 4 is 11.9 Å². The lowest BCUT2D eigenvalue weighted by Crippen LogP contribution is -2.40. The van der Waals surface area contributed by atoms with Crippen molar-refractivity contribution in [1.29, 1.82) is 0 Å². The number of carbonyl (C=O) groups is 2. The molecule has 0 aliphatic rings. The fourth-order valence-corrected chi connectivity index (χ4v) is 1.21. The van der Waals surface area contributed by atoms with Crippen LogP contribution in [0.3, 0.4) is 0 Å². The van der Waals surface area contributed by atoms with Crippen molar-refractivity contribution in [1.82, 2.24) is 20.4 Å². The van der Waals surface area contributed by atoms with Crippen LogP contribution in [0.5, 0.6) is 0 Å². The first-order valence-electron chi connectivity index (χ1n) is 4.78. The average molecular weight is 225 g/mol. The fraction of sp³-hybridized carbons (Fsp3) is 0.444. The van der Waals surface area contributed by atoms with Crippen LogP contribution in [0.1, 0.15) is 11.3 Å². The van der Waals surface area contributed by atoms with Gasteiger partial charge in [0.15, 0.2) is 0 Å². The van der Waals surface area contributed by atoms with Gasteiger partial charge in [0.05, 0.1) is 12.7 Å². The van der Waals surface area contributed by atoms with Crippen LogP contribution >= 0.6 is 0 Å². The van der Waals surface area contributed by atoms with Crippen molar-refractivity contribution in [2.75, 3.05) is 6.54 Å². The molecule has 0 saturated heterocycles. The maximum Gasteiger partial charge on any atom is 0.318 e. The summed E-state index contributed by atoms with van der Waals surface area (Å²) >= 11 is 0. The Hall–Kier alpha value is -1.89. The average Bonchev–Trinajstić information content (AvgIpc) is 2.48. The topological polar surface area (TPSA) is 102 Å². The number of hydrogen-bond donors (Lipinski definition) is 3. The Morgan fingerprint density at radius 2 is 2.25 bits per heavy atom. The molecule has 0 atom stereocenters. The standard InChI is InChI=1S/C9H15N5O2/c1-6-7(4-12-14(6)2)3-11-5-8(15)13-9(10)16/h4,11H,3,5H2,1-2H3,(H3,10,13,15,16). The van der Waals surface area contributed by atoms with Gasteiger partial charge in [-0.25, -0.2) is 4.79 Å². The van der Waals surface area contributed by atoms with Gasteiger partial charge < -0.3 is 11.1 Å². The third-order valence-corrected chi connectivity index (χ3v) is 2.20. The van der Waals surface area contributed by atoms with Gasteiger partial charge in [0.2, 0.25) is 5.91 Å². The van der Waals surface area contributed by atoms with Crippen molar-refractivity contribution in [2.45, 2.75) is 13.5 Å². The van der Waals surface area contributed by atoms with Crippen molar-refractivity contribution in [3.63, 3.8) is 0 Å². The summed E-state index contributed by atoms with van der Waals surface area (Å²) in [4.78, 5) is 21.4. The van der Waals surface area contributed by atoms with E-state index in [1.54, 1.807) is 10.9 Å². The Labute approximate surface area is 93.0 Å². The van der Waals surface area contributed by atoms with E-state index in [4.69, 9.17) is 5.73 Å². The smallest absolute Gasteiger partial charge is 0.318 e. The molecular formula is C9H15N5O2. The van der Waals surface area contributed by atoms with E-state index in [-0.39, 0.29) is 6.54 Å². The molecule has 0 radical (unpaired) electrons. The molecule has 0 aliphatic carbocycles. The summed E-state index contributed by atoms with van der Waals surface area (Å²) in [5.74, 6) is -0.450. The van der Waals surface area contributed by atoms with Crippen LogP contribution in [0.25, 0.3) is 0 Å². The second kappa shape index (κ2) is 5.26. The van der Waals surface area contributed by atoms with Gasteiger partial charge in [-0.05, 0) is 6.92 Å². The zero-order valence-electron chi connectivity index (χ0n) is 9.28. The molecule has 0 aromatic carbocycles. The lowest BCUT2D eigenvalue weighted by atomic mass is 10.2. The summed E-state index contributed by atoms with van der Waals surface area (Å²) < 4.78 is 1.75. The van der Waals surface area contributed by atoms with Gasteiger partial charge >= 0.3 is 6.03 Å². The summed E-state index contributed by atoms with van der Waals surface area (Å²) in [6.45, 7) is 2.50. The molecule has 0 aliphatic heterocycles. The summed E-state index contributed by atoms with van der Waals surface area (Å²) in [6.07, 6.45) is 1.73. The molecule has 4 N–H and O–H groups in total. The number of rotatable bonds is 4. The number of aryl methyl sites for hydroxylation is 1. The van der Waals surface area contributed by atoms with Crippen molar-refractivity contribution in [2.24, 2.45) is 12.8 Å². The van der Waals surface area contributed by atoms with Gasteiger partial charge in [0, 0.05) is 24.8 Å². The number of hydrogen-bond acceptors (Lipinski definition) is 4. The summed E-state index contributed by atoms with van der Waals surface area (Å²) in [7, 11) is 1.85. The predicted octanol–water partition coefficient (Wildman–Crippen LogP) is -0.987. The number of imide groups is 1. The van der Waals surface area contributed by atoms with E-state index < -0.39 is 11.9 Å². The molecule has 0 spiro atoms. The highest BCUT2D eigenvalue weighted by molar-refractivity contribution is 5.94. The molecule has 1 aromatic heterocycles. The molecule has 0 fully saturated rings. The van der Waals surface area contributed by atoms with Gasteiger partial charge in [-0.1, -0.05) is 0 Å². The number of nitrogens with two attached hydrogens (primary N) is 1. The van der Waals surface area contributed by atoms with Crippen LogP contribution in [-0.4, -0.2) is 28.3 Å². The molecule has 1 rings (SSSR count).